The van der Waals surface area contributed by atoms with Gasteiger partial charge in [0, 0.05) is 105 Å². The Hall–Kier alpha value is -0.320. The van der Waals surface area contributed by atoms with Crippen molar-refractivity contribution in [2.24, 2.45) is 21.7 Å². The third-order valence-electron chi connectivity index (χ3n) is 6.74. The van der Waals surface area contributed by atoms with Gasteiger partial charge >= 0.3 is 0 Å². The van der Waals surface area contributed by atoms with Crippen LogP contribution in [0.2, 0.25) is 0 Å². The molecule has 1 fully saturated rings. The molecule has 0 saturated carbocycles. The maximum Gasteiger partial charge on any atom is 0.00769 e. The van der Waals surface area contributed by atoms with Gasteiger partial charge in [-0.1, -0.05) is 55.4 Å². The van der Waals surface area contributed by atoms with Gasteiger partial charge in [0.25, 0.3) is 0 Å². The van der Waals surface area contributed by atoms with Crippen LogP contribution in [0, 0.1) is 21.7 Å². The monoisotopic (exact) mass is 513 g/mol. The second-order valence-electron chi connectivity index (χ2n) is 14.1. The van der Waals surface area contributed by atoms with Crippen molar-refractivity contribution in [2.45, 2.75) is 55.4 Å². The van der Waals surface area contributed by atoms with E-state index in [2.05, 4.69) is 97.9 Å². The Kier molecular flexibility index (Phi) is 16.2. The van der Waals surface area contributed by atoms with Gasteiger partial charge in [-0.15, -0.1) is 0 Å². The number of rotatable bonds is 0. The van der Waals surface area contributed by atoms with E-state index in [1.807, 2.05) is 0 Å². The molecule has 0 aliphatic carbocycles. The molecule has 8 N–H and O–H groups in total. The van der Waals surface area contributed by atoms with Crippen molar-refractivity contribution in [3.05, 3.63) is 0 Å². The van der Waals surface area contributed by atoms with Crippen molar-refractivity contribution >= 4 is 0 Å². The van der Waals surface area contributed by atoms with E-state index in [9.17, 15) is 0 Å². The Morgan fingerprint density at radius 3 is 0.472 bits per heavy atom. The largest absolute Gasteiger partial charge is 0.315 e. The van der Waals surface area contributed by atoms with Crippen molar-refractivity contribution < 1.29 is 0 Å². The van der Waals surface area contributed by atoms with Crippen LogP contribution in [0.3, 0.4) is 0 Å². The molecular weight excluding hydrogens is 448 g/mol. The molecule has 216 valence electrons. The van der Waals surface area contributed by atoms with E-state index in [-0.39, 0.29) is 21.7 Å². The molecule has 0 aromatic heterocycles. The van der Waals surface area contributed by atoms with Gasteiger partial charge in [0.2, 0.25) is 0 Å². The van der Waals surface area contributed by atoms with Crippen LogP contribution in [0.4, 0.5) is 0 Å². The first-order chi connectivity index (χ1) is 16.8. The first-order valence-electron chi connectivity index (χ1n) is 14.5. The fourth-order valence-electron chi connectivity index (χ4n) is 4.37. The van der Waals surface area contributed by atoms with Crippen molar-refractivity contribution in [1.29, 1.82) is 0 Å². The van der Waals surface area contributed by atoms with Gasteiger partial charge in [0.05, 0.1) is 0 Å². The molecule has 1 saturated heterocycles. The Morgan fingerprint density at radius 2 is 0.361 bits per heavy atom. The molecule has 0 amide bonds. The molecule has 0 spiro atoms. The number of hydrogen-bond acceptors (Lipinski definition) is 8. The molecule has 0 unspecified atom stereocenters. The van der Waals surface area contributed by atoms with Crippen LogP contribution < -0.4 is 42.5 Å². The van der Waals surface area contributed by atoms with E-state index in [0.29, 0.717) is 0 Å². The average molecular weight is 513 g/mol. The number of nitrogens with one attached hydrogen (secondary N) is 8. The summed E-state index contributed by atoms with van der Waals surface area (Å²) in [7, 11) is 0. The quantitative estimate of drug-likeness (QED) is 0.242. The van der Waals surface area contributed by atoms with Crippen LogP contribution >= 0.6 is 0 Å². The second kappa shape index (κ2) is 17.3. The molecule has 1 aliphatic heterocycles. The summed E-state index contributed by atoms with van der Waals surface area (Å²) in [4.78, 5) is 0. The maximum atomic E-state index is 3.64. The summed E-state index contributed by atoms with van der Waals surface area (Å²) in [5, 5.41) is 29.1. The van der Waals surface area contributed by atoms with Crippen molar-refractivity contribution in [2.75, 3.05) is 105 Å². The zero-order valence-corrected chi connectivity index (χ0v) is 25.3. The van der Waals surface area contributed by atoms with Crippen LogP contribution in [-0.2, 0) is 0 Å². The highest BCUT2D eigenvalue weighted by atomic mass is 15.0. The van der Waals surface area contributed by atoms with Crippen LogP contribution in [-0.4, -0.2) is 105 Å². The lowest BCUT2D eigenvalue weighted by atomic mass is 9.92. The lowest BCUT2D eigenvalue weighted by molar-refractivity contribution is 0.295. The molecule has 0 bridgehead atoms. The van der Waals surface area contributed by atoms with E-state index < -0.39 is 0 Å². The Balaban J connectivity index is 2.46. The summed E-state index contributed by atoms with van der Waals surface area (Å²) in [6.07, 6.45) is 0. The van der Waals surface area contributed by atoms with Gasteiger partial charge in [-0.2, -0.15) is 0 Å². The van der Waals surface area contributed by atoms with E-state index in [4.69, 9.17) is 0 Å². The molecular formula is C28H64N8. The van der Waals surface area contributed by atoms with Gasteiger partial charge in [0.15, 0.2) is 0 Å². The van der Waals surface area contributed by atoms with Gasteiger partial charge in [0.1, 0.15) is 0 Å². The van der Waals surface area contributed by atoms with Crippen LogP contribution in [0.1, 0.15) is 55.4 Å². The lowest BCUT2D eigenvalue weighted by Gasteiger charge is -2.28. The van der Waals surface area contributed by atoms with Gasteiger partial charge in [-0.05, 0) is 21.7 Å². The molecule has 0 radical (unpaired) electrons. The Bertz CT molecular complexity index is 412. The normalized spacial score (nSPS) is 27.3. The Morgan fingerprint density at radius 1 is 0.250 bits per heavy atom. The van der Waals surface area contributed by atoms with Crippen molar-refractivity contribution in [3.63, 3.8) is 0 Å². The predicted molar refractivity (Wildman–Crippen MR) is 158 cm³/mol. The maximum absolute atomic E-state index is 3.64. The van der Waals surface area contributed by atoms with Crippen LogP contribution in [0.15, 0.2) is 0 Å². The van der Waals surface area contributed by atoms with Crippen molar-refractivity contribution in [3.8, 4) is 0 Å². The molecule has 8 nitrogen and oxygen atoms in total. The van der Waals surface area contributed by atoms with E-state index in [1.165, 1.54) is 0 Å². The fourth-order valence-corrected chi connectivity index (χ4v) is 4.37. The molecule has 8 heteroatoms. The van der Waals surface area contributed by atoms with E-state index >= 15 is 0 Å². The summed E-state index contributed by atoms with van der Waals surface area (Å²) >= 11 is 0. The highest BCUT2D eigenvalue weighted by molar-refractivity contribution is 4.79. The summed E-state index contributed by atoms with van der Waals surface area (Å²) in [5.41, 5.74) is 0.969. The first-order valence-corrected chi connectivity index (χ1v) is 14.5. The van der Waals surface area contributed by atoms with Crippen molar-refractivity contribution in [1.82, 2.24) is 42.5 Å². The fraction of sp³-hybridized carbons (Fsp3) is 1.00. The first kappa shape index (κ1) is 33.7. The minimum Gasteiger partial charge on any atom is -0.315 e. The molecule has 0 atom stereocenters. The van der Waals surface area contributed by atoms with Crippen LogP contribution in [0.25, 0.3) is 0 Å². The smallest absolute Gasteiger partial charge is 0.00769 e. The topological polar surface area (TPSA) is 96.2 Å². The summed E-state index contributed by atoms with van der Waals surface area (Å²) in [6.45, 7) is 34.9. The Labute approximate surface area is 224 Å². The molecule has 0 aromatic rings. The number of hydrogen-bond donors (Lipinski definition) is 8. The van der Waals surface area contributed by atoms with E-state index in [1.54, 1.807) is 0 Å². The van der Waals surface area contributed by atoms with E-state index in [0.717, 1.165) is 105 Å². The summed E-state index contributed by atoms with van der Waals surface area (Å²) in [5.74, 6) is 0. The van der Waals surface area contributed by atoms with Gasteiger partial charge in [-0.3, -0.25) is 0 Å². The van der Waals surface area contributed by atoms with Crippen LogP contribution in [0.5, 0.6) is 0 Å². The summed E-state index contributed by atoms with van der Waals surface area (Å²) in [6, 6.07) is 0. The SMILES string of the molecule is CC1(C)CNCCNCC(C)(C)CNCCNCC(C)(C)CNCCNCC(C)(C)CNCCNC1. The van der Waals surface area contributed by atoms with Gasteiger partial charge < -0.3 is 42.5 Å². The molecule has 1 rings (SSSR count). The molecule has 1 heterocycles. The molecule has 1 aliphatic rings. The third kappa shape index (κ3) is 18.9. The highest BCUT2D eigenvalue weighted by Crippen LogP contribution is 2.14. The van der Waals surface area contributed by atoms with Gasteiger partial charge in [-0.25, -0.2) is 0 Å². The second-order valence-corrected chi connectivity index (χ2v) is 14.1. The molecule has 0 aromatic carbocycles. The lowest BCUT2D eigenvalue weighted by Crippen LogP contribution is -2.45. The highest BCUT2D eigenvalue weighted by Gasteiger charge is 2.20. The zero-order valence-electron chi connectivity index (χ0n) is 25.3. The standard InChI is InChI=1S/C28H64N8/c1-25(2)17-29-9-11-31-19-26(3,4)21-33-13-15-35-23-28(7,8)24-36-16-14-34-22-27(5,6)20-32-12-10-30-18-25/h29-36H,9-24H2,1-8H3. The zero-order chi connectivity index (χ0) is 27.0. The average Bonchev–Trinajstić information content (AvgIpc) is 2.77. The predicted octanol–water partition coefficient (Wildman–Crippen LogP) is 0.822. The molecule has 36 heavy (non-hydrogen) atoms. The summed E-state index contributed by atoms with van der Waals surface area (Å²) < 4.78 is 0. The minimum atomic E-state index is 0.242. The third-order valence-corrected chi connectivity index (χ3v) is 6.74. The minimum absolute atomic E-state index is 0.242.